The van der Waals surface area contributed by atoms with E-state index in [4.69, 9.17) is 25.9 Å². The first-order valence-electron chi connectivity index (χ1n) is 44.6. The number of nitrogens with zero attached hydrogens (tertiary/aromatic N) is 12. The van der Waals surface area contributed by atoms with Crippen LogP contribution in [0.15, 0.2) is 407 Å². The summed E-state index contributed by atoms with van der Waals surface area (Å²) in [7, 11) is 0. The Bertz CT molecular complexity index is 7590. The molecule has 0 spiro atoms. The molecule has 0 bridgehead atoms. The molecular formula is C114H80Ir4N12O4-8. The van der Waals surface area contributed by atoms with Gasteiger partial charge in [0.1, 0.15) is 0 Å². The number of fused-ring (bicyclic) bond motifs is 12. The van der Waals surface area contributed by atoms with Gasteiger partial charge in [0, 0.05) is 184 Å². The van der Waals surface area contributed by atoms with Crippen LogP contribution in [0, 0.1) is 69.2 Å². The van der Waals surface area contributed by atoms with E-state index in [1.54, 1.807) is 79.9 Å². The minimum atomic E-state index is -2.18. The Morgan fingerprint density at radius 3 is 0.903 bits per heavy atom. The van der Waals surface area contributed by atoms with Gasteiger partial charge < -0.3 is 57.5 Å². The molecule has 16 heterocycles. The van der Waals surface area contributed by atoms with E-state index in [0.717, 1.165) is 127 Å². The average molecular weight is 2460 g/mol. The molecule has 16 aromatic heterocycles. The summed E-state index contributed by atoms with van der Waals surface area (Å²) in [5.41, 5.74) is 21.8. The Labute approximate surface area is 838 Å². The smallest absolute Gasteiger partial charge is 0.216 e. The second-order valence-electron chi connectivity index (χ2n) is 29.3. The van der Waals surface area contributed by atoms with Crippen molar-refractivity contribution in [3.63, 3.8) is 0 Å². The van der Waals surface area contributed by atoms with Crippen LogP contribution in [0.5, 0.6) is 0 Å². The van der Waals surface area contributed by atoms with Crippen molar-refractivity contribution < 1.29 is 106 Å². The number of rotatable bonds is 9. The normalized spacial score (nSPS) is 11.3. The maximum Gasteiger partial charge on any atom is 0.216 e. The van der Waals surface area contributed by atoms with E-state index in [0.29, 0.717) is 62.5 Å². The van der Waals surface area contributed by atoms with E-state index in [1.165, 1.54) is 24.0 Å². The third-order valence-electron chi connectivity index (χ3n) is 20.3. The van der Waals surface area contributed by atoms with Gasteiger partial charge in [0.05, 0.1) is 22.3 Å². The molecule has 0 unspecified atom stereocenters. The second kappa shape index (κ2) is 48.0. The monoisotopic (exact) mass is 2460 g/mol. The van der Waals surface area contributed by atoms with Crippen molar-refractivity contribution in [2.75, 3.05) is 0 Å². The van der Waals surface area contributed by atoms with Crippen LogP contribution in [-0.2, 0) is 80.4 Å². The van der Waals surface area contributed by atoms with Crippen LogP contribution in [0.1, 0.15) is 50.4 Å². The predicted molar refractivity (Wildman–Crippen MR) is 517 cm³/mol. The average Bonchev–Trinajstić information content (AvgIpc) is 1.65. The van der Waals surface area contributed by atoms with E-state index >= 15 is 0 Å². The molecule has 0 aliphatic heterocycles. The number of aromatic nitrogens is 12. The zero-order chi connectivity index (χ0) is 93.6. The second-order valence-corrected chi connectivity index (χ2v) is 29.3. The molecule has 24 aromatic rings. The molecule has 4 radical (unpaired) electrons. The number of aryl methyl sites for hydroxylation is 3. The minimum absolute atomic E-state index is 0. The first-order valence-corrected chi connectivity index (χ1v) is 41.6. The Kier molecular flexibility index (Phi) is 31.7. The van der Waals surface area contributed by atoms with Gasteiger partial charge in [-0.3, -0.25) is 0 Å². The maximum atomic E-state index is 7.54. The number of benzene rings is 8. The van der Waals surface area contributed by atoms with Crippen molar-refractivity contribution in [1.82, 2.24) is 59.8 Å². The van der Waals surface area contributed by atoms with Crippen molar-refractivity contribution in [3.8, 4) is 90.1 Å². The van der Waals surface area contributed by atoms with Crippen LogP contribution in [0.4, 0.5) is 0 Å². The molecule has 0 saturated heterocycles. The zero-order valence-electron chi connectivity index (χ0n) is 77.9. The van der Waals surface area contributed by atoms with Crippen LogP contribution in [0.2, 0.25) is 0 Å². The Hall–Kier alpha value is -14.6. The van der Waals surface area contributed by atoms with Crippen molar-refractivity contribution >= 4 is 88.3 Å². The predicted octanol–water partition coefficient (Wildman–Crippen LogP) is 27.6. The molecule has 16 nitrogen and oxygen atoms in total. The Balaban J connectivity index is 0.000000136. The van der Waals surface area contributed by atoms with E-state index < -0.39 is 13.7 Å². The van der Waals surface area contributed by atoms with Crippen molar-refractivity contribution in [3.05, 3.63) is 461 Å². The largest absolute Gasteiger partial charge is 0.486 e. The van der Waals surface area contributed by atoms with Gasteiger partial charge in [0.25, 0.3) is 0 Å². The summed E-state index contributed by atoms with van der Waals surface area (Å²) < 4.78 is 68.4. The van der Waals surface area contributed by atoms with Crippen molar-refractivity contribution in [2.45, 2.75) is 40.4 Å². The molecule has 0 aliphatic carbocycles. The molecule has 8 aromatic carbocycles. The van der Waals surface area contributed by atoms with Crippen LogP contribution < -0.4 is 0 Å². The summed E-state index contributed by atoms with van der Waals surface area (Å²) in [6.07, 6.45) is 18.8. The van der Waals surface area contributed by atoms with Gasteiger partial charge in [-0.2, -0.15) is 0 Å². The summed E-state index contributed by atoms with van der Waals surface area (Å²) >= 11 is 0. The first-order chi connectivity index (χ1) is 66.5. The molecule has 134 heavy (non-hydrogen) atoms. The molecule has 0 fully saturated rings. The third-order valence-corrected chi connectivity index (χ3v) is 20.3. The van der Waals surface area contributed by atoms with Gasteiger partial charge in [-0.15, -0.1) is 216 Å². The van der Waals surface area contributed by atoms with E-state index in [2.05, 4.69) is 128 Å². The van der Waals surface area contributed by atoms with E-state index in [1.807, 2.05) is 292 Å². The molecule has 24 rings (SSSR count). The van der Waals surface area contributed by atoms with Crippen molar-refractivity contribution in [2.24, 2.45) is 0 Å². The first kappa shape index (κ1) is 88.6. The fourth-order valence-electron chi connectivity index (χ4n) is 14.0. The van der Waals surface area contributed by atoms with Crippen molar-refractivity contribution in [1.29, 1.82) is 0 Å². The van der Waals surface area contributed by atoms with Gasteiger partial charge in [-0.1, -0.05) is 154 Å². The topological polar surface area (TPSA) is 207 Å². The molecule has 0 atom stereocenters. The van der Waals surface area contributed by atoms with Crippen LogP contribution in [0.25, 0.3) is 178 Å². The molecule has 20 heteroatoms. The fraction of sp³-hybridized carbons (Fsp3) is 0.0526. The summed E-state index contributed by atoms with van der Waals surface area (Å²) in [5, 5.41) is 7.81. The minimum Gasteiger partial charge on any atom is -0.486 e. The standard InChI is InChI=1S/C19H15N2O.3C17H11N2O.4C11H8N.4Ir/c1-12(2)13-8-9-17(21-11-13)16-6-3-5-14-15-7-4-10-20-19(15)22-18(14)16;1-11-7-8-15(19-10-11)14-5-2-4-12-13-6-3-9-18-17(13)20-16(12)14;1-11-7-9-18-15(10-11)14-5-2-4-12-13-6-3-8-19-17(13)20-16(12)14;1-11-8-9-13-12-5-4-6-14(15-7-2-3-10-18-15)16(12)20-17(13)19-11;4*1-2-6-10(7-3-1)11-8-4-5-9-12-11;;;;/h3-5,7-12H,1-2H3;2*2-4,6-10H,1H3;2-5,7-10H,1H3;4*1-6,8-9H;;;;/q8*-1;;;;/i;2*1D3;;;;;;;;;. The molecule has 664 valence electrons. The fourth-order valence-corrected chi connectivity index (χ4v) is 14.0. The maximum absolute atomic E-state index is 7.54. The zero-order valence-corrected chi connectivity index (χ0v) is 81.4. The van der Waals surface area contributed by atoms with Gasteiger partial charge in [-0.25, -0.2) is 19.9 Å². The number of pyridine rings is 12. The molecule has 0 amide bonds. The molecular weight excluding hydrogens is 2370 g/mol. The quantitative estimate of drug-likeness (QED) is 0.123. The Morgan fingerprint density at radius 2 is 0.575 bits per heavy atom. The summed E-state index contributed by atoms with van der Waals surface area (Å²) in [4.78, 5) is 51.6. The molecule has 0 saturated carbocycles. The third kappa shape index (κ3) is 24.0. The molecule has 0 aliphatic rings. The van der Waals surface area contributed by atoms with Crippen LogP contribution in [-0.4, -0.2) is 59.8 Å². The summed E-state index contributed by atoms with van der Waals surface area (Å²) in [6.45, 7) is 1.94. The number of hydrogen-bond acceptors (Lipinski definition) is 16. The van der Waals surface area contributed by atoms with Gasteiger partial charge >= 0.3 is 0 Å². The Morgan fingerprint density at radius 1 is 0.246 bits per heavy atom. The van der Waals surface area contributed by atoms with Gasteiger partial charge in [0.15, 0.2) is 0 Å². The number of hydrogen-bond donors (Lipinski definition) is 0. The van der Waals surface area contributed by atoms with Gasteiger partial charge in [0.2, 0.25) is 22.9 Å². The van der Waals surface area contributed by atoms with Crippen LogP contribution >= 0.6 is 0 Å². The summed E-state index contributed by atoms with van der Waals surface area (Å²) in [6, 6.07) is 127. The van der Waals surface area contributed by atoms with E-state index in [9.17, 15) is 0 Å². The molecule has 0 N–H and O–H groups in total. The number of furan rings is 4. The van der Waals surface area contributed by atoms with Crippen LogP contribution in [0.3, 0.4) is 0 Å². The van der Waals surface area contributed by atoms with Gasteiger partial charge in [-0.05, 0) is 168 Å². The SMILES string of the molecule is CC(C)c1ccc(-c2[c-]ccc3c2oc2ncccc23)nc1.Cc1ccc2c(n1)oc1c(-c3ccccn3)[c-]ccc12.[2H]C([2H])([2H])c1ccc(-c2[c-]ccc3c2oc2ncccc23)nc1.[2H]C([2H])([2H])c1ccnc(-c2[c-]ccc3c2oc2ncccc23)c1.[Ir].[Ir].[Ir].[Ir].[c-]1ccccc1-c1ccccn1.[c-]1ccccc1-c1ccccn1.[c-]1ccccc1-c1ccccn1.[c-]1ccccc1-c1ccccn1. The summed E-state index contributed by atoms with van der Waals surface area (Å²) in [5.74, 6) is 0.469. The van der Waals surface area contributed by atoms with E-state index in [-0.39, 0.29) is 91.5 Å².